The first-order chi connectivity index (χ1) is 7.29. The second-order valence-electron chi connectivity index (χ2n) is 5.85. The molecule has 1 N–H and O–H groups in total. The Morgan fingerprint density at radius 2 is 2.00 bits per heavy atom. The first-order valence-electron chi connectivity index (χ1n) is 5.96. The zero-order valence-corrected chi connectivity index (χ0v) is 11.2. The molecule has 0 spiro atoms. The number of sulfone groups is 1. The minimum Gasteiger partial charge on any atom is -0.310 e. The lowest BCUT2D eigenvalue weighted by molar-refractivity contribution is 0.193. The highest BCUT2D eigenvalue weighted by Gasteiger charge is 2.38. The van der Waals surface area contributed by atoms with Gasteiger partial charge in [-0.1, -0.05) is 0 Å². The van der Waals surface area contributed by atoms with Crippen LogP contribution in [-0.2, 0) is 9.84 Å². The maximum atomic E-state index is 11.4. The topological polar surface area (TPSA) is 49.4 Å². The Balaban J connectivity index is 1.97. The molecule has 0 aliphatic carbocycles. The van der Waals surface area contributed by atoms with Crippen molar-refractivity contribution in [2.75, 3.05) is 25.1 Å². The smallest absolute Gasteiger partial charge is 0.151 e. The van der Waals surface area contributed by atoms with Gasteiger partial charge in [0.15, 0.2) is 9.84 Å². The molecule has 2 saturated heterocycles. The van der Waals surface area contributed by atoms with E-state index < -0.39 is 9.84 Å². The first kappa shape index (κ1) is 12.3. The minimum atomic E-state index is -2.76. The van der Waals surface area contributed by atoms with Crippen molar-refractivity contribution in [3.05, 3.63) is 0 Å². The molecule has 2 unspecified atom stereocenters. The molecule has 94 valence electrons. The van der Waals surface area contributed by atoms with Crippen LogP contribution in [0, 0.1) is 0 Å². The van der Waals surface area contributed by atoms with Gasteiger partial charge in [-0.2, -0.15) is 0 Å². The monoisotopic (exact) mass is 246 g/mol. The van der Waals surface area contributed by atoms with Gasteiger partial charge in [-0.05, 0) is 33.7 Å². The van der Waals surface area contributed by atoms with E-state index in [4.69, 9.17) is 0 Å². The largest absolute Gasteiger partial charge is 0.310 e. The van der Waals surface area contributed by atoms with E-state index in [1.54, 1.807) is 0 Å². The first-order valence-corrected chi connectivity index (χ1v) is 7.79. The minimum absolute atomic E-state index is 0.191. The summed E-state index contributed by atoms with van der Waals surface area (Å²) in [5.41, 5.74) is 0.191. The van der Waals surface area contributed by atoms with E-state index in [1.165, 1.54) is 0 Å². The van der Waals surface area contributed by atoms with Crippen molar-refractivity contribution < 1.29 is 8.42 Å². The van der Waals surface area contributed by atoms with Gasteiger partial charge in [0.2, 0.25) is 0 Å². The van der Waals surface area contributed by atoms with Crippen LogP contribution in [-0.4, -0.2) is 56.0 Å². The van der Waals surface area contributed by atoms with Crippen molar-refractivity contribution in [2.24, 2.45) is 0 Å². The van der Waals surface area contributed by atoms with Crippen LogP contribution in [0.25, 0.3) is 0 Å². The van der Waals surface area contributed by atoms with E-state index in [1.807, 2.05) is 0 Å². The maximum Gasteiger partial charge on any atom is 0.151 e. The molecule has 2 rings (SSSR count). The second kappa shape index (κ2) is 3.96. The summed E-state index contributed by atoms with van der Waals surface area (Å²) < 4.78 is 22.9. The summed E-state index contributed by atoms with van der Waals surface area (Å²) in [6.45, 7) is 5.37. The molecule has 16 heavy (non-hydrogen) atoms. The molecule has 2 heterocycles. The molecule has 2 fully saturated rings. The van der Waals surface area contributed by atoms with Crippen LogP contribution in [0.2, 0.25) is 0 Å². The summed E-state index contributed by atoms with van der Waals surface area (Å²) in [6.07, 6.45) is 1.90. The highest BCUT2D eigenvalue weighted by Crippen LogP contribution is 2.26. The van der Waals surface area contributed by atoms with Gasteiger partial charge >= 0.3 is 0 Å². The van der Waals surface area contributed by atoms with E-state index in [2.05, 4.69) is 31.1 Å². The third kappa shape index (κ3) is 2.57. The summed E-state index contributed by atoms with van der Waals surface area (Å²) >= 11 is 0. The third-order valence-corrected chi connectivity index (χ3v) is 5.67. The number of hydrogen-bond donors (Lipinski definition) is 1. The van der Waals surface area contributed by atoms with E-state index in [0.29, 0.717) is 17.5 Å². The Labute approximate surface area is 98.3 Å². The van der Waals surface area contributed by atoms with Crippen LogP contribution >= 0.6 is 0 Å². The summed E-state index contributed by atoms with van der Waals surface area (Å²) in [6, 6.07) is 0.707. The molecule has 0 saturated carbocycles. The maximum absolute atomic E-state index is 11.4. The second-order valence-corrected chi connectivity index (χ2v) is 8.07. The van der Waals surface area contributed by atoms with Crippen LogP contribution < -0.4 is 5.32 Å². The Bertz CT molecular complexity index is 364. The van der Waals surface area contributed by atoms with Crippen LogP contribution in [0.1, 0.15) is 26.7 Å². The van der Waals surface area contributed by atoms with Gasteiger partial charge in [0, 0.05) is 24.2 Å². The summed E-state index contributed by atoms with van der Waals surface area (Å²) in [4.78, 5) is 2.27. The Morgan fingerprint density at radius 3 is 2.44 bits per heavy atom. The lowest BCUT2D eigenvalue weighted by atomic mass is 10.00. The zero-order chi connectivity index (χ0) is 12.0. The highest BCUT2D eigenvalue weighted by atomic mass is 32.2. The van der Waals surface area contributed by atoms with Crippen LogP contribution in [0.4, 0.5) is 0 Å². The molecule has 2 atom stereocenters. The van der Waals surface area contributed by atoms with Crippen molar-refractivity contribution in [1.82, 2.24) is 10.2 Å². The van der Waals surface area contributed by atoms with Gasteiger partial charge in [-0.15, -0.1) is 0 Å². The van der Waals surface area contributed by atoms with Gasteiger partial charge in [0.1, 0.15) is 0 Å². The summed E-state index contributed by atoms with van der Waals surface area (Å²) in [5.74, 6) is 0.714. The predicted octanol–water partition coefficient (Wildman–Crippen LogP) is 0.246. The van der Waals surface area contributed by atoms with E-state index in [0.717, 1.165) is 19.4 Å². The van der Waals surface area contributed by atoms with E-state index >= 15 is 0 Å². The number of nitrogens with zero attached hydrogens (tertiary/aromatic N) is 1. The number of nitrogens with one attached hydrogen (secondary N) is 1. The lowest BCUT2D eigenvalue weighted by Gasteiger charge is -2.29. The van der Waals surface area contributed by atoms with Gasteiger partial charge in [-0.3, -0.25) is 4.90 Å². The summed E-state index contributed by atoms with van der Waals surface area (Å²) in [5, 5.41) is 3.48. The standard InChI is InChI=1S/C11H22N2O2S/c1-11(2)6-10(7-12-11)13(3)9-4-5-16(14,15)8-9/h9-10,12H,4-8H2,1-3H3. The van der Waals surface area contributed by atoms with E-state index in [-0.39, 0.29) is 11.6 Å². The lowest BCUT2D eigenvalue weighted by Crippen LogP contribution is -2.42. The fraction of sp³-hybridized carbons (Fsp3) is 1.00. The molecule has 0 aromatic rings. The molecule has 0 bridgehead atoms. The quantitative estimate of drug-likeness (QED) is 0.758. The Morgan fingerprint density at radius 1 is 1.31 bits per heavy atom. The van der Waals surface area contributed by atoms with Gasteiger partial charge in [0.25, 0.3) is 0 Å². The highest BCUT2D eigenvalue weighted by molar-refractivity contribution is 7.91. The predicted molar refractivity (Wildman–Crippen MR) is 65.3 cm³/mol. The zero-order valence-electron chi connectivity index (χ0n) is 10.4. The average molecular weight is 246 g/mol. The molecule has 0 aromatic carbocycles. The van der Waals surface area contributed by atoms with Crippen LogP contribution in [0.15, 0.2) is 0 Å². The molecular formula is C11H22N2O2S. The molecule has 2 aliphatic rings. The number of likely N-dealkylation sites (N-methyl/N-ethyl adjacent to an activating group) is 1. The van der Waals surface area contributed by atoms with Crippen molar-refractivity contribution in [3.8, 4) is 0 Å². The van der Waals surface area contributed by atoms with Gasteiger partial charge < -0.3 is 5.32 Å². The van der Waals surface area contributed by atoms with Crippen molar-refractivity contribution >= 4 is 9.84 Å². The van der Waals surface area contributed by atoms with Gasteiger partial charge in [0.05, 0.1) is 11.5 Å². The van der Waals surface area contributed by atoms with Crippen LogP contribution in [0.5, 0.6) is 0 Å². The molecule has 5 heteroatoms. The fourth-order valence-electron chi connectivity index (χ4n) is 2.81. The molecule has 0 aromatic heterocycles. The van der Waals surface area contributed by atoms with Crippen molar-refractivity contribution in [2.45, 2.75) is 44.3 Å². The third-order valence-electron chi connectivity index (χ3n) is 3.92. The SMILES string of the molecule is CN(C1CNC(C)(C)C1)C1CCS(=O)(=O)C1. The molecule has 4 nitrogen and oxygen atoms in total. The van der Waals surface area contributed by atoms with E-state index in [9.17, 15) is 8.42 Å². The molecule has 0 radical (unpaired) electrons. The molecule has 2 aliphatic heterocycles. The van der Waals surface area contributed by atoms with Crippen molar-refractivity contribution in [3.63, 3.8) is 0 Å². The number of rotatable bonds is 2. The Kier molecular flexibility index (Phi) is 3.05. The molecule has 0 amide bonds. The average Bonchev–Trinajstić information content (AvgIpc) is 2.68. The number of hydrogen-bond acceptors (Lipinski definition) is 4. The van der Waals surface area contributed by atoms with Gasteiger partial charge in [-0.25, -0.2) is 8.42 Å². The summed E-state index contributed by atoms with van der Waals surface area (Å²) in [7, 11) is -0.692. The molecular weight excluding hydrogens is 224 g/mol. The normalized spacial score (nSPS) is 37.0. The van der Waals surface area contributed by atoms with Crippen LogP contribution in [0.3, 0.4) is 0 Å². The fourth-order valence-corrected chi connectivity index (χ4v) is 4.60. The van der Waals surface area contributed by atoms with Crippen molar-refractivity contribution in [1.29, 1.82) is 0 Å². The Hall–Kier alpha value is -0.130.